The van der Waals surface area contributed by atoms with E-state index in [1.54, 1.807) is 36.0 Å². The van der Waals surface area contributed by atoms with Crippen molar-refractivity contribution in [1.82, 2.24) is 9.78 Å². The summed E-state index contributed by atoms with van der Waals surface area (Å²) in [7, 11) is 1.89. The Balaban J connectivity index is 1.65. The molecule has 0 bridgehead atoms. The maximum absolute atomic E-state index is 12.6. The first-order valence-electron chi connectivity index (χ1n) is 9.77. The number of halogens is 1. The second-order valence-electron chi connectivity index (χ2n) is 6.94. The number of rotatable bonds is 6. The molecule has 5 nitrogen and oxygen atoms in total. The molecule has 0 amide bonds. The maximum Gasteiger partial charge on any atom is 0.338 e. The summed E-state index contributed by atoms with van der Waals surface area (Å²) < 4.78 is 8.49. The van der Waals surface area contributed by atoms with E-state index in [4.69, 9.17) is 15.1 Å². The van der Waals surface area contributed by atoms with Crippen molar-refractivity contribution in [2.45, 2.75) is 16.5 Å². The van der Waals surface area contributed by atoms with Crippen LogP contribution in [0.4, 0.5) is 0 Å². The molecule has 4 aromatic rings. The van der Waals surface area contributed by atoms with E-state index in [0.29, 0.717) is 11.1 Å². The number of ether oxygens (including phenoxy) is 1. The molecule has 1 aromatic heterocycles. The SMILES string of the molecule is Cn1nc(-c2ccccc2)c(COC(=O)c2ccc(C#N)cc2)c1Sc1ccc(Br)cc1. The number of hydrogen-bond acceptors (Lipinski definition) is 5. The summed E-state index contributed by atoms with van der Waals surface area (Å²) in [4.78, 5) is 13.7. The standard InChI is InChI=1S/C25H18BrN3O2S/c1-29-24(32-21-13-11-20(26)12-14-21)22(23(28-29)18-5-3-2-4-6-18)16-31-25(30)19-9-7-17(15-27)8-10-19/h2-14H,16H2,1H3. The summed E-state index contributed by atoms with van der Waals surface area (Å²) in [6, 6.07) is 26.3. The summed E-state index contributed by atoms with van der Waals surface area (Å²) in [6.45, 7) is 0.0791. The minimum absolute atomic E-state index is 0.0791. The fourth-order valence-corrected chi connectivity index (χ4v) is 4.37. The van der Waals surface area contributed by atoms with E-state index in [9.17, 15) is 4.79 Å². The second-order valence-corrected chi connectivity index (χ2v) is 8.92. The van der Waals surface area contributed by atoms with E-state index in [1.165, 1.54) is 0 Å². The molecule has 0 spiro atoms. The molecule has 7 heteroatoms. The molecule has 0 saturated carbocycles. The fraction of sp³-hybridized carbons (Fsp3) is 0.0800. The van der Waals surface area contributed by atoms with Gasteiger partial charge in [0.05, 0.1) is 17.2 Å². The Labute approximate surface area is 198 Å². The Hall–Kier alpha value is -3.34. The van der Waals surface area contributed by atoms with Gasteiger partial charge < -0.3 is 4.74 Å². The highest BCUT2D eigenvalue weighted by Crippen LogP contribution is 2.36. The summed E-state index contributed by atoms with van der Waals surface area (Å²) >= 11 is 5.03. The van der Waals surface area contributed by atoms with E-state index in [0.717, 1.165) is 31.2 Å². The molecule has 0 saturated heterocycles. The number of aryl methyl sites for hydroxylation is 1. The Kier molecular flexibility index (Phi) is 6.74. The topological polar surface area (TPSA) is 67.9 Å². The van der Waals surface area contributed by atoms with Crippen molar-refractivity contribution in [3.05, 3.63) is 100 Å². The number of nitriles is 1. The van der Waals surface area contributed by atoms with Gasteiger partial charge in [0, 0.05) is 27.5 Å². The highest BCUT2D eigenvalue weighted by molar-refractivity contribution is 9.10. The highest BCUT2D eigenvalue weighted by Gasteiger charge is 2.20. The third-order valence-corrected chi connectivity index (χ3v) is 6.50. The third kappa shape index (κ3) is 4.93. The lowest BCUT2D eigenvalue weighted by atomic mass is 10.1. The van der Waals surface area contributed by atoms with Crippen molar-refractivity contribution in [2.75, 3.05) is 0 Å². The van der Waals surface area contributed by atoms with Crippen LogP contribution in [0.3, 0.4) is 0 Å². The first-order chi connectivity index (χ1) is 15.5. The predicted molar refractivity (Wildman–Crippen MR) is 127 cm³/mol. The van der Waals surface area contributed by atoms with Crippen molar-refractivity contribution in [1.29, 1.82) is 5.26 Å². The van der Waals surface area contributed by atoms with Gasteiger partial charge in [0.1, 0.15) is 17.3 Å². The van der Waals surface area contributed by atoms with Gasteiger partial charge in [-0.1, -0.05) is 58.0 Å². The summed E-state index contributed by atoms with van der Waals surface area (Å²) in [5, 5.41) is 14.6. The smallest absolute Gasteiger partial charge is 0.338 e. The average molecular weight is 504 g/mol. The van der Waals surface area contributed by atoms with Crippen molar-refractivity contribution in [3.8, 4) is 17.3 Å². The molecule has 0 aliphatic rings. The average Bonchev–Trinajstić information content (AvgIpc) is 3.14. The zero-order chi connectivity index (χ0) is 22.5. The summed E-state index contributed by atoms with van der Waals surface area (Å²) in [6.07, 6.45) is 0. The Morgan fingerprint density at radius 2 is 1.75 bits per heavy atom. The third-order valence-electron chi connectivity index (χ3n) is 4.76. The van der Waals surface area contributed by atoms with Crippen LogP contribution in [0.2, 0.25) is 0 Å². The Morgan fingerprint density at radius 1 is 1.06 bits per heavy atom. The van der Waals surface area contributed by atoms with Crippen molar-refractivity contribution < 1.29 is 9.53 Å². The van der Waals surface area contributed by atoms with Gasteiger partial charge in [-0.25, -0.2) is 4.79 Å². The molecule has 158 valence electrons. The van der Waals surface area contributed by atoms with Crippen molar-refractivity contribution in [3.63, 3.8) is 0 Å². The number of aromatic nitrogens is 2. The molecule has 32 heavy (non-hydrogen) atoms. The molecule has 3 aromatic carbocycles. The number of nitrogens with zero attached hydrogens (tertiary/aromatic N) is 3. The number of carbonyl (C=O) groups is 1. The van der Waals surface area contributed by atoms with Gasteiger partial charge in [-0.15, -0.1) is 0 Å². The summed E-state index contributed by atoms with van der Waals surface area (Å²) in [5.74, 6) is -0.447. The molecule has 4 rings (SSSR count). The number of benzene rings is 3. The van der Waals surface area contributed by atoms with Crippen LogP contribution in [-0.2, 0) is 18.4 Å². The quantitative estimate of drug-likeness (QED) is 0.291. The molecule has 0 radical (unpaired) electrons. The van der Waals surface area contributed by atoms with Gasteiger partial charge in [-0.2, -0.15) is 10.4 Å². The molecular weight excluding hydrogens is 486 g/mol. The molecular formula is C25H18BrN3O2S. The van der Waals surface area contributed by atoms with Crippen LogP contribution >= 0.6 is 27.7 Å². The van der Waals surface area contributed by atoms with Crippen LogP contribution in [0.1, 0.15) is 21.5 Å². The van der Waals surface area contributed by atoms with Gasteiger partial charge in [0.25, 0.3) is 0 Å². The lowest BCUT2D eigenvalue weighted by Crippen LogP contribution is -2.06. The number of carbonyl (C=O) groups excluding carboxylic acids is 1. The van der Waals surface area contributed by atoms with Crippen molar-refractivity contribution in [2.24, 2.45) is 7.05 Å². The Morgan fingerprint density at radius 3 is 2.41 bits per heavy atom. The van der Waals surface area contributed by atoms with Gasteiger partial charge in [-0.3, -0.25) is 4.68 Å². The molecule has 0 atom stereocenters. The first-order valence-corrected chi connectivity index (χ1v) is 11.4. The lowest BCUT2D eigenvalue weighted by Gasteiger charge is -2.09. The van der Waals surface area contributed by atoms with E-state index < -0.39 is 5.97 Å². The minimum Gasteiger partial charge on any atom is -0.457 e. The van der Waals surface area contributed by atoms with E-state index in [2.05, 4.69) is 15.9 Å². The van der Waals surface area contributed by atoms with E-state index >= 15 is 0 Å². The van der Waals surface area contributed by atoms with Crippen molar-refractivity contribution >= 4 is 33.7 Å². The second kappa shape index (κ2) is 9.86. The van der Waals surface area contributed by atoms with E-state index in [1.807, 2.05) is 72.4 Å². The van der Waals surface area contributed by atoms with Gasteiger partial charge in [-0.05, 0) is 48.5 Å². The molecule has 0 unspecified atom stereocenters. The summed E-state index contributed by atoms with van der Waals surface area (Å²) in [5.41, 5.74) is 3.47. The zero-order valence-electron chi connectivity index (χ0n) is 17.2. The highest BCUT2D eigenvalue weighted by atomic mass is 79.9. The maximum atomic E-state index is 12.6. The predicted octanol–water partition coefficient (Wildman–Crippen LogP) is 6.23. The van der Waals surface area contributed by atoms with Crippen LogP contribution in [0.5, 0.6) is 0 Å². The number of esters is 1. The van der Waals surface area contributed by atoms with Gasteiger partial charge in [0.15, 0.2) is 0 Å². The van der Waals surface area contributed by atoms with Crippen LogP contribution < -0.4 is 0 Å². The zero-order valence-corrected chi connectivity index (χ0v) is 19.6. The molecule has 0 fully saturated rings. The van der Waals surface area contributed by atoms with E-state index in [-0.39, 0.29) is 6.61 Å². The van der Waals surface area contributed by atoms with Crippen LogP contribution in [0.15, 0.2) is 93.3 Å². The minimum atomic E-state index is -0.447. The monoisotopic (exact) mass is 503 g/mol. The Bertz CT molecular complexity index is 1280. The molecule has 0 aliphatic carbocycles. The normalized spacial score (nSPS) is 10.5. The number of hydrogen-bond donors (Lipinski definition) is 0. The molecule has 0 N–H and O–H groups in total. The van der Waals surface area contributed by atoms with Crippen LogP contribution in [-0.4, -0.2) is 15.7 Å². The largest absolute Gasteiger partial charge is 0.457 e. The van der Waals surface area contributed by atoms with Crippen LogP contribution in [0, 0.1) is 11.3 Å². The first kappa shape index (κ1) is 21.9. The van der Waals surface area contributed by atoms with Gasteiger partial charge >= 0.3 is 5.97 Å². The van der Waals surface area contributed by atoms with Crippen LogP contribution in [0.25, 0.3) is 11.3 Å². The van der Waals surface area contributed by atoms with Gasteiger partial charge in [0.2, 0.25) is 0 Å². The molecule has 1 heterocycles. The molecule has 0 aliphatic heterocycles. The fourth-order valence-electron chi connectivity index (χ4n) is 3.15. The lowest BCUT2D eigenvalue weighted by molar-refractivity contribution is 0.0470.